The van der Waals surface area contributed by atoms with Gasteiger partial charge < -0.3 is 4.74 Å². The molecule has 0 bridgehead atoms. The monoisotopic (exact) mass is 267 g/mol. The summed E-state index contributed by atoms with van der Waals surface area (Å²) in [5, 5.41) is 3.98. The molecule has 15 heavy (non-hydrogen) atoms. The quantitative estimate of drug-likeness (QED) is 0.852. The maximum absolute atomic E-state index is 5.54. The normalized spacial score (nSPS) is 10.2. The largest absolute Gasteiger partial charge is 0.492 e. The third-order valence-electron chi connectivity index (χ3n) is 1.85. The Morgan fingerprint density at radius 1 is 1.40 bits per heavy atom. The van der Waals surface area contributed by atoms with Crippen LogP contribution in [0.25, 0.3) is 0 Å². The van der Waals surface area contributed by atoms with Crippen LogP contribution in [0, 0.1) is 0 Å². The summed E-state index contributed by atoms with van der Waals surface area (Å²) in [6.07, 6.45) is 3.18. The van der Waals surface area contributed by atoms with Crippen molar-refractivity contribution in [3.8, 4) is 5.75 Å². The lowest BCUT2D eigenvalue weighted by Gasteiger charge is -2.05. The van der Waals surface area contributed by atoms with E-state index in [1.807, 2.05) is 24.3 Å². The van der Waals surface area contributed by atoms with Crippen LogP contribution in [0.4, 0.5) is 0 Å². The molecule has 0 unspecified atom stereocenters. The summed E-state index contributed by atoms with van der Waals surface area (Å²) in [4.78, 5) is 3.85. The smallest absolute Gasteiger partial charge is 0.137 e. The van der Waals surface area contributed by atoms with Gasteiger partial charge in [0.2, 0.25) is 0 Å². The van der Waals surface area contributed by atoms with Crippen molar-refractivity contribution < 1.29 is 4.74 Å². The molecule has 5 heteroatoms. The molecule has 1 aromatic carbocycles. The Hall–Kier alpha value is -1.36. The van der Waals surface area contributed by atoms with Crippen molar-refractivity contribution in [1.82, 2.24) is 14.8 Å². The average Bonchev–Trinajstić information content (AvgIpc) is 2.71. The maximum atomic E-state index is 5.54. The molecule has 0 aliphatic heterocycles. The van der Waals surface area contributed by atoms with E-state index in [1.165, 1.54) is 6.33 Å². The Balaban J connectivity index is 1.83. The van der Waals surface area contributed by atoms with Crippen molar-refractivity contribution in [2.75, 3.05) is 6.61 Å². The number of aromatic nitrogens is 3. The molecule has 0 saturated carbocycles. The van der Waals surface area contributed by atoms with E-state index >= 15 is 0 Å². The van der Waals surface area contributed by atoms with Gasteiger partial charge in [0.1, 0.15) is 25.0 Å². The van der Waals surface area contributed by atoms with Crippen LogP contribution < -0.4 is 4.74 Å². The summed E-state index contributed by atoms with van der Waals surface area (Å²) in [6, 6.07) is 7.76. The highest BCUT2D eigenvalue weighted by Gasteiger charge is 1.95. The highest BCUT2D eigenvalue weighted by atomic mass is 79.9. The molecule has 0 atom stereocenters. The predicted octanol–water partition coefficient (Wildman–Crippen LogP) is 2.12. The second-order valence-corrected chi connectivity index (χ2v) is 3.88. The molecular formula is C10H10BrN3O. The van der Waals surface area contributed by atoms with E-state index in [0.717, 1.165) is 10.2 Å². The van der Waals surface area contributed by atoms with Crippen molar-refractivity contribution >= 4 is 15.9 Å². The van der Waals surface area contributed by atoms with Crippen LogP contribution in [-0.4, -0.2) is 21.4 Å². The molecular weight excluding hydrogens is 258 g/mol. The van der Waals surface area contributed by atoms with Gasteiger partial charge in [-0.25, -0.2) is 9.67 Å². The molecule has 0 saturated heterocycles. The number of hydrogen-bond donors (Lipinski definition) is 0. The average molecular weight is 268 g/mol. The fourth-order valence-electron chi connectivity index (χ4n) is 1.16. The number of benzene rings is 1. The molecule has 0 amide bonds. The van der Waals surface area contributed by atoms with Crippen molar-refractivity contribution in [3.63, 3.8) is 0 Å². The summed E-state index contributed by atoms with van der Waals surface area (Å²) in [5.74, 6) is 0.851. The van der Waals surface area contributed by atoms with E-state index in [2.05, 4.69) is 26.0 Å². The first-order valence-electron chi connectivity index (χ1n) is 4.55. The van der Waals surface area contributed by atoms with Gasteiger partial charge in [0, 0.05) is 4.47 Å². The number of rotatable bonds is 4. The number of hydrogen-bond acceptors (Lipinski definition) is 3. The third-order valence-corrected chi connectivity index (χ3v) is 2.35. The van der Waals surface area contributed by atoms with Crippen LogP contribution in [0.3, 0.4) is 0 Å². The zero-order chi connectivity index (χ0) is 10.5. The summed E-state index contributed by atoms with van der Waals surface area (Å²) in [6.45, 7) is 1.28. The van der Waals surface area contributed by atoms with Crippen LogP contribution >= 0.6 is 15.9 Å². The van der Waals surface area contributed by atoms with Gasteiger partial charge in [-0.3, -0.25) is 0 Å². The van der Waals surface area contributed by atoms with Crippen molar-refractivity contribution in [1.29, 1.82) is 0 Å². The molecule has 1 aromatic heterocycles. The van der Waals surface area contributed by atoms with E-state index in [9.17, 15) is 0 Å². The fraction of sp³-hybridized carbons (Fsp3) is 0.200. The van der Waals surface area contributed by atoms with Gasteiger partial charge in [0.15, 0.2) is 0 Å². The van der Waals surface area contributed by atoms with Crippen LogP contribution in [-0.2, 0) is 6.54 Å². The summed E-state index contributed by atoms with van der Waals surface area (Å²) in [5.41, 5.74) is 0. The van der Waals surface area contributed by atoms with E-state index in [4.69, 9.17) is 4.74 Å². The molecule has 0 spiro atoms. The second kappa shape index (κ2) is 4.93. The lowest BCUT2D eigenvalue weighted by Crippen LogP contribution is -2.08. The lowest BCUT2D eigenvalue weighted by atomic mass is 10.3. The Bertz CT molecular complexity index is 416. The van der Waals surface area contributed by atoms with E-state index in [0.29, 0.717) is 13.2 Å². The van der Waals surface area contributed by atoms with Gasteiger partial charge in [0.25, 0.3) is 0 Å². The van der Waals surface area contributed by atoms with Gasteiger partial charge in [-0.2, -0.15) is 5.10 Å². The molecule has 2 aromatic rings. The minimum absolute atomic E-state index is 0.583. The van der Waals surface area contributed by atoms with Gasteiger partial charge in [-0.05, 0) is 18.2 Å². The molecule has 4 nitrogen and oxygen atoms in total. The summed E-state index contributed by atoms with van der Waals surface area (Å²) in [7, 11) is 0. The van der Waals surface area contributed by atoms with Crippen LogP contribution in [0.2, 0.25) is 0 Å². The third kappa shape index (κ3) is 3.06. The number of nitrogens with zero attached hydrogens (tertiary/aromatic N) is 3. The van der Waals surface area contributed by atoms with Crippen molar-refractivity contribution in [2.45, 2.75) is 6.54 Å². The standard InChI is InChI=1S/C10H10BrN3O/c11-9-2-1-3-10(6-9)15-5-4-14-8-12-7-13-14/h1-3,6-8H,4-5H2. The van der Waals surface area contributed by atoms with Crippen LogP contribution in [0.1, 0.15) is 0 Å². The SMILES string of the molecule is Brc1cccc(OCCn2cncn2)c1. The molecule has 0 aliphatic rings. The number of halogens is 1. The second-order valence-electron chi connectivity index (χ2n) is 2.96. The Labute approximate surface area is 96.0 Å². The minimum Gasteiger partial charge on any atom is -0.492 e. The Kier molecular flexibility index (Phi) is 3.34. The zero-order valence-electron chi connectivity index (χ0n) is 8.01. The summed E-state index contributed by atoms with van der Waals surface area (Å²) < 4.78 is 8.29. The van der Waals surface area contributed by atoms with Gasteiger partial charge in [0.05, 0.1) is 6.54 Å². The van der Waals surface area contributed by atoms with E-state index < -0.39 is 0 Å². The van der Waals surface area contributed by atoms with E-state index in [-0.39, 0.29) is 0 Å². The molecule has 0 radical (unpaired) electrons. The topological polar surface area (TPSA) is 39.9 Å². The fourth-order valence-corrected chi connectivity index (χ4v) is 1.54. The first-order chi connectivity index (χ1) is 7.34. The molecule has 0 N–H and O–H groups in total. The predicted molar refractivity (Wildman–Crippen MR) is 59.7 cm³/mol. The molecule has 2 rings (SSSR count). The van der Waals surface area contributed by atoms with Gasteiger partial charge in [-0.1, -0.05) is 22.0 Å². The van der Waals surface area contributed by atoms with Crippen molar-refractivity contribution in [2.24, 2.45) is 0 Å². The first-order valence-corrected chi connectivity index (χ1v) is 5.35. The van der Waals surface area contributed by atoms with Crippen molar-refractivity contribution in [3.05, 3.63) is 41.4 Å². The first kappa shape index (κ1) is 10.2. The Morgan fingerprint density at radius 2 is 2.33 bits per heavy atom. The zero-order valence-corrected chi connectivity index (χ0v) is 9.59. The molecule has 1 heterocycles. The van der Waals surface area contributed by atoms with Gasteiger partial charge >= 0.3 is 0 Å². The highest BCUT2D eigenvalue weighted by molar-refractivity contribution is 9.10. The summed E-state index contributed by atoms with van der Waals surface area (Å²) >= 11 is 3.39. The minimum atomic E-state index is 0.583. The van der Waals surface area contributed by atoms with Crippen LogP contribution in [0.15, 0.2) is 41.4 Å². The Morgan fingerprint density at radius 3 is 3.07 bits per heavy atom. The lowest BCUT2D eigenvalue weighted by molar-refractivity contribution is 0.291. The molecule has 78 valence electrons. The molecule has 0 fully saturated rings. The van der Waals surface area contributed by atoms with E-state index in [1.54, 1.807) is 11.0 Å². The van der Waals surface area contributed by atoms with Gasteiger partial charge in [-0.15, -0.1) is 0 Å². The number of ether oxygens (including phenoxy) is 1. The molecule has 0 aliphatic carbocycles. The maximum Gasteiger partial charge on any atom is 0.137 e. The van der Waals surface area contributed by atoms with Crippen LogP contribution in [0.5, 0.6) is 5.75 Å². The highest BCUT2D eigenvalue weighted by Crippen LogP contribution is 2.17.